The maximum Gasteiger partial charge on any atom is 0.265 e. The molecule has 0 bridgehead atoms. The van der Waals surface area contributed by atoms with Crippen molar-refractivity contribution in [3.05, 3.63) is 71.5 Å². The van der Waals surface area contributed by atoms with Crippen LogP contribution in [0.5, 0.6) is 23.0 Å². The lowest BCUT2D eigenvalue weighted by Gasteiger charge is -2.30. The fourth-order valence-electron chi connectivity index (χ4n) is 3.95. The molecule has 0 aliphatic carbocycles. The lowest BCUT2D eigenvalue weighted by molar-refractivity contribution is -0.121. The molecule has 8 nitrogen and oxygen atoms in total. The number of fused-ring (bicyclic) bond motifs is 1. The summed E-state index contributed by atoms with van der Waals surface area (Å²) in [7, 11) is 0. The Bertz CT molecular complexity index is 1250. The van der Waals surface area contributed by atoms with E-state index >= 15 is 0 Å². The molecular weight excluding hydrogens is 479 g/mol. The fourth-order valence-corrected chi connectivity index (χ4v) is 3.95. The Hall–Kier alpha value is -4.27. The Morgan fingerprint density at radius 3 is 2.22 bits per heavy atom. The van der Waals surface area contributed by atoms with Crippen LogP contribution in [0, 0.1) is 5.82 Å². The van der Waals surface area contributed by atoms with Crippen LogP contribution in [0.2, 0.25) is 0 Å². The highest BCUT2D eigenvalue weighted by molar-refractivity contribution is 6.06. The van der Waals surface area contributed by atoms with Gasteiger partial charge in [0.1, 0.15) is 11.6 Å². The molecule has 0 saturated carbocycles. The van der Waals surface area contributed by atoms with Crippen molar-refractivity contribution in [2.45, 2.75) is 27.3 Å². The number of benzene rings is 3. The first-order chi connectivity index (χ1) is 17.9. The summed E-state index contributed by atoms with van der Waals surface area (Å²) in [6.45, 7) is 6.87. The van der Waals surface area contributed by atoms with E-state index in [9.17, 15) is 14.0 Å². The Balaban J connectivity index is 1.61. The molecular formula is C28H29FN2O6. The van der Waals surface area contributed by atoms with Crippen LogP contribution in [0.3, 0.4) is 0 Å². The number of nitrogens with zero attached hydrogens (tertiary/aromatic N) is 1. The zero-order valence-electron chi connectivity index (χ0n) is 21.0. The minimum atomic E-state index is -0.391. The van der Waals surface area contributed by atoms with Crippen LogP contribution in [0.1, 0.15) is 36.7 Å². The maximum atomic E-state index is 13.3. The zero-order chi connectivity index (χ0) is 26.4. The summed E-state index contributed by atoms with van der Waals surface area (Å²) >= 11 is 0. The highest BCUT2D eigenvalue weighted by Gasteiger charge is 2.26. The molecule has 0 radical (unpaired) electrons. The van der Waals surface area contributed by atoms with E-state index in [1.54, 1.807) is 47.4 Å². The van der Waals surface area contributed by atoms with Gasteiger partial charge in [-0.2, -0.15) is 0 Å². The molecule has 2 amide bonds. The van der Waals surface area contributed by atoms with Gasteiger partial charge in [0, 0.05) is 11.3 Å². The first-order valence-electron chi connectivity index (χ1n) is 12.1. The predicted molar refractivity (Wildman–Crippen MR) is 137 cm³/mol. The van der Waals surface area contributed by atoms with E-state index in [0.717, 1.165) is 5.56 Å². The lowest BCUT2D eigenvalue weighted by atomic mass is 10.1. The molecule has 4 rings (SSSR count). The average molecular weight is 509 g/mol. The first-order valence-corrected chi connectivity index (χ1v) is 12.1. The van der Waals surface area contributed by atoms with Crippen LogP contribution in [0.4, 0.5) is 15.8 Å². The van der Waals surface area contributed by atoms with Crippen molar-refractivity contribution in [3.63, 3.8) is 0 Å². The van der Waals surface area contributed by atoms with E-state index in [-0.39, 0.29) is 24.9 Å². The SMILES string of the molecule is CCOc1cc(C(=O)Nc2ccc3c(c2)N(Cc2ccc(F)cc2)C(=O)CO3)cc(OCC)c1OCC. The number of hydrogen-bond donors (Lipinski definition) is 1. The topological polar surface area (TPSA) is 86.3 Å². The van der Waals surface area contributed by atoms with Gasteiger partial charge in [0.15, 0.2) is 18.1 Å². The van der Waals surface area contributed by atoms with E-state index in [0.29, 0.717) is 59.8 Å². The third kappa shape index (κ3) is 5.94. The molecule has 1 N–H and O–H groups in total. The average Bonchev–Trinajstić information content (AvgIpc) is 2.89. The van der Waals surface area contributed by atoms with Gasteiger partial charge in [0.05, 0.1) is 32.1 Å². The Morgan fingerprint density at radius 1 is 0.946 bits per heavy atom. The van der Waals surface area contributed by atoms with Gasteiger partial charge in [-0.05, 0) is 68.8 Å². The predicted octanol–water partition coefficient (Wildman–Crippen LogP) is 5.20. The summed E-state index contributed by atoms with van der Waals surface area (Å²) in [5, 5.41) is 2.87. The molecule has 1 aliphatic rings. The van der Waals surface area contributed by atoms with E-state index in [1.165, 1.54) is 12.1 Å². The van der Waals surface area contributed by atoms with Gasteiger partial charge in [0.25, 0.3) is 11.8 Å². The molecule has 3 aromatic carbocycles. The van der Waals surface area contributed by atoms with Crippen LogP contribution in [-0.4, -0.2) is 38.2 Å². The summed E-state index contributed by atoms with van der Waals surface area (Å²) in [5.74, 6) is 0.802. The highest BCUT2D eigenvalue weighted by atomic mass is 19.1. The molecule has 1 heterocycles. The molecule has 1 aliphatic heterocycles. The monoisotopic (exact) mass is 508 g/mol. The summed E-state index contributed by atoms with van der Waals surface area (Å²) in [6.07, 6.45) is 0. The van der Waals surface area contributed by atoms with E-state index < -0.39 is 5.91 Å². The van der Waals surface area contributed by atoms with Gasteiger partial charge in [-0.3, -0.25) is 9.59 Å². The quantitative estimate of drug-likeness (QED) is 0.405. The largest absolute Gasteiger partial charge is 0.490 e. The van der Waals surface area contributed by atoms with Gasteiger partial charge >= 0.3 is 0 Å². The van der Waals surface area contributed by atoms with Gasteiger partial charge in [0.2, 0.25) is 5.75 Å². The Labute approximate surface area is 214 Å². The van der Waals surface area contributed by atoms with E-state index in [2.05, 4.69) is 5.32 Å². The number of carbonyl (C=O) groups excluding carboxylic acids is 2. The van der Waals surface area contributed by atoms with Crippen molar-refractivity contribution in [1.82, 2.24) is 0 Å². The van der Waals surface area contributed by atoms with E-state index in [4.69, 9.17) is 18.9 Å². The number of anilines is 2. The third-order valence-corrected chi connectivity index (χ3v) is 5.59. The zero-order valence-corrected chi connectivity index (χ0v) is 21.0. The molecule has 9 heteroatoms. The number of ether oxygens (including phenoxy) is 4. The molecule has 0 saturated heterocycles. The van der Waals surface area contributed by atoms with Crippen LogP contribution in [0.15, 0.2) is 54.6 Å². The molecule has 0 atom stereocenters. The molecule has 194 valence electrons. The van der Waals surface area contributed by atoms with Crippen molar-refractivity contribution >= 4 is 23.2 Å². The minimum absolute atomic E-state index is 0.105. The summed E-state index contributed by atoms with van der Waals surface area (Å²) < 4.78 is 36.0. The van der Waals surface area contributed by atoms with Crippen LogP contribution >= 0.6 is 0 Å². The Kier molecular flexibility index (Phi) is 8.12. The van der Waals surface area contributed by atoms with Gasteiger partial charge in [-0.1, -0.05) is 12.1 Å². The summed E-state index contributed by atoms with van der Waals surface area (Å²) in [4.78, 5) is 27.4. The van der Waals surface area contributed by atoms with Crippen molar-refractivity contribution in [3.8, 4) is 23.0 Å². The number of nitrogens with one attached hydrogen (secondary N) is 1. The first kappa shape index (κ1) is 25.8. The minimum Gasteiger partial charge on any atom is -0.490 e. The second-order valence-corrected chi connectivity index (χ2v) is 8.13. The van der Waals surface area contributed by atoms with Crippen LogP contribution in [0.25, 0.3) is 0 Å². The van der Waals surface area contributed by atoms with Crippen molar-refractivity contribution in [1.29, 1.82) is 0 Å². The normalized spacial score (nSPS) is 12.4. The number of halogens is 1. The number of amides is 2. The fraction of sp³-hybridized carbons (Fsp3) is 0.286. The van der Waals surface area contributed by atoms with Crippen LogP contribution in [-0.2, 0) is 11.3 Å². The number of rotatable bonds is 10. The standard InChI is InChI=1S/C28H29FN2O6/c1-4-34-24-13-19(14-25(35-5-2)27(24)36-6-3)28(33)30-21-11-12-23-22(15-21)31(26(32)17-37-23)16-18-7-9-20(29)10-8-18/h7-15H,4-6,16-17H2,1-3H3,(H,30,33). The molecule has 0 fully saturated rings. The van der Waals surface area contributed by atoms with Gasteiger partial charge in [-0.25, -0.2) is 4.39 Å². The number of carbonyl (C=O) groups is 2. The highest BCUT2D eigenvalue weighted by Crippen LogP contribution is 2.40. The van der Waals surface area contributed by atoms with Crippen molar-refractivity contribution < 1.29 is 32.9 Å². The second-order valence-electron chi connectivity index (χ2n) is 8.13. The van der Waals surface area contributed by atoms with E-state index in [1.807, 2.05) is 20.8 Å². The second kappa shape index (κ2) is 11.6. The lowest BCUT2D eigenvalue weighted by Crippen LogP contribution is -2.38. The third-order valence-electron chi connectivity index (χ3n) is 5.59. The molecule has 37 heavy (non-hydrogen) atoms. The summed E-state index contributed by atoms with van der Waals surface area (Å²) in [5.41, 5.74) is 2.06. The smallest absolute Gasteiger partial charge is 0.265 e. The molecule has 0 unspecified atom stereocenters. The van der Waals surface area contributed by atoms with Gasteiger partial charge < -0.3 is 29.2 Å². The van der Waals surface area contributed by atoms with Crippen molar-refractivity contribution in [2.75, 3.05) is 36.6 Å². The number of hydrogen-bond acceptors (Lipinski definition) is 6. The molecule has 0 spiro atoms. The summed E-state index contributed by atoms with van der Waals surface area (Å²) in [6, 6.07) is 14.2. The van der Waals surface area contributed by atoms with Gasteiger partial charge in [-0.15, -0.1) is 0 Å². The molecule has 3 aromatic rings. The van der Waals surface area contributed by atoms with Crippen molar-refractivity contribution in [2.24, 2.45) is 0 Å². The molecule has 0 aromatic heterocycles. The Morgan fingerprint density at radius 2 is 1.59 bits per heavy atom. The van der Waals surface area contributed by atoms with Crippen LogP contribution < -0.4 is 29.2 Å². The maximum absolute atomic E-state index is 13.3.